The van der Waals surface area contributed by atoms with E-state index in [-0.39, 0.29) is 29.7 Å². The van der Waals surface area contributed by atoms with Crippen molar-refractivity contribution in [3.63, 3.8) is 0 Å². The molecule has 0 saturated heterocycles. The van der Waals surface area contributed by atoms with Crippen LogP contribution in [-0.4, -0.2) is 40.3 Å². The maximum absolute atomic E-state index is 12.1. The molecule has 0 aromatic heterocycles. The van der Waals surface area contributed by atoms with Crippen molar-refractivity contribution in [1.29, 1.82) is 0 Å². The van der Waals surface area contributed by atoms with Gasteiger partial charge in [-0.15, -0.1) is 0 Å². The molecule has 1 rings (SSSR count). The standard InChI is InChI=1S/C25H44O5/c1-4-5-10-13-20(26)16-17-22-21(23(27)18-24(22)28)14-11-8-6-7-9-12-15-25(29)30-19(2)3/h8,11,19,21-24,27-28H,4-7,9-10,12-18H2,1-3H3/b11-8-/t21?,22-,23?,24?/m1/s1. The van der Waals surface area contributed by atoms with Crippen LogP contribution in [0.5, 0.6) is 0 Å². The summed E-state index contributed by atoms with van der Waals surface area (Å²) in [6.07, 6.45) is 13.6. The first-order chi connectivity index (χ1) is 14.3. The van der Waals surface area contributed by atoms with Gasteiger partial charge in [-0.2, -0.15) is 0 Å². The van der Waals surface area contributed by atoms with Gasteiger partial charge in [-0.1, -0.05) is 38.3 Å². The van der Waals surface area contributed by atoms with Crippen molar-refractivity contribution in [1.82, 2.24) is 0 Å². The van der Waals surface area contributed by atoms with Gasteiger partial charge in [0.05, 0.1) is 18.3 Å². The first kappa shape index (κ1) is 26.8. The van der Waals surface area contributed by atoms with E-state index < -0.39 is 12.2 Å². The number of hydrogen-bond acceptors (Lipinski definition) is 5. The first-order valence-electron chi connectivity index (χ1n) is 12.1. The summed E-state index contributed by atoms with van der Waals surface area (Å²) >= 11 is 0. The minimum Gasteiger partial charge on any atom is -0.463 e. The molecular weight excluding hydrogens is 380 g/mol. The summed E-state index contributed by atoms with van der Waals surface area (Å²) in [6, 6.07) is 0. The molecule has 1 fully saturated rings. The molecule has 0 aromatic rings. The van der Waals surface area contributed by atoms with E-state index in [0.717, 1.165) is 51.4 Å². The van der Waals surface area contributed by atoms with Gasteiger partial charge in [0.2, 0.25) is 0 Å². The number of rotatable bonds is 16. The number of ketones is 1. The van der Waals surface area contributed by atoms with Crippen LogP contribution in [0.1, 0.15) is 104 Å². The van der Waals surface area contributed by atoms with Crippen LogP contribution in [-0.2, 0) is 14.3 Å². The van der Waals surface area contributed by atoms with Crippen molar-refractivity contribution in [3.8, 4) is 0 Å². The zero-order valence-corrected chi connectivity index (χ0v) is 19.4. The van der Waals surface area contributed by atoms with Gasteiger partial charge in [-0.25, -0.2) is 0 Å². The average molecular weight is 425 g/mol. The highest BCUT2D eigenvalue weighted by molar-refractivity contribution is 5.78. The van der Waals surface area contributed by atoms with Crippen LogP contribution in [0.25, 0.3) is 0 Å². The van der Waals surface area contributed by atoms with Crippen molar-refractivity contribution in [2.45, 2.75) is 123 Å². The molecule has 0 bridgehead atoms. The van der Waals surface area contributed by atoms with Crippen molar-refractivity contribution in [3.05, 3.63) is 12.2 Å². The summed E-state index contributed by atoms with van der Waals surface area (Å²) in [4.78, 5) is 23.5. The number of carbonyl (C=O) groups excluding carboxylic acids is 2. The molecule has 4 atom stereocenters. The molecule has 2 N–H and O–H groups in total. The SMILES string of the molecule is CCCCCC(=O)CC[C@H]1C(O)CC(O)C1C/C=C\CCCCCC(=O)OC(C)C. The Hall–Kier alpha value is -1.20. The summed E-state index contributed by atoms with van der Waals surface area (Å²) in [5.41, 5.74) is 0. The van der Waals surface area contributed by atoms with Gasteiger partial charge in [0, 0.05) is 19.3 Å². The molecule has 5 heteroatoms. The number of allylic oxidation sites excluding steroid dienone is 2. The van der Waals surface area contributed by atoms with E-state index in [1.165, 1.54) is 0 Å². The Morgan fingerprint density at radius 2 is 1.63 bits per heavy atom. The summed E-state index contributed by atoms with van der Waals surface area (Å²) in [7, 11) is 0. The van der Waals surface area contributed by atoms with E-state index in [1.54, 1.807) is 0 Å². The molecule has 174 valence electrons. The number of ether oxygens (including phenoxy) is 1. The minimum atomic E-state index is -0.507. The van der Waals surface area contributed by atoms with Crippen molar-refractivity contribution >= 4 is 11.8 Å². The number of unbranched alkanes of at least 4 members (excludes halogenated alkanes) is 5. The second-order valence-corrected chi connectivity index (χ2v) is 9.08. The molecule has 0 aromatic carbocycles. The molecule has 0 radical (unpaired) electrons. The number of hydrogen-bond donors (Lipinski definition) is 2. The zero-order chi connectivity index (χ0) is 22.4. The molecule has 0 aliphatic heterocycles. The Morgan fingerprint density at radius 1 is 0.933 bits per heavy atom. The second kappa shape index (κ2) is 15.6. The Kier molecular flexibility index (Phi) is 13.9. The van der Waals surface area contributed by atoms with Crippen molar-refractivity contribution in [2.24, 2.45) is 11.8 Å². The highest BCUT2D eigenvalue weighted by atomic mass is 16.5. The number of Topliss-reactive ketones (excluding diaryl/α,β-unsaturated/α-hetero) is 1. The highest BCUT2D eigenvalue weighted by Gasteiger charge is 2.40. The predicted molar refractivity (Wildman–Crippen MR) is 120 cm³/mol. The van der Waals surface area contributed by atoms with Gasteiger partial charge in [-0.3, -0.25) is 9.59 Å². The van der Waals surface area contributed by atoms with Gasteiger partial charge < -0.3 is 14.9 Å². The lowest BCUT2D eigenvalue weighted by atomic mass is 9.86. The number of aliphatic hydroxyl groups is 2. The maximum atomic E-state index is 12.1. The monoisotopic (exact) mass is 424 g/mol. The van der Waals surface area contributed by atoms with Gasteiger partial charge >= 0.3 is 5.97 Å². The van der Waals surface area contributed by atoms with Gasteiger partial charge in [0.25, 0.3) is 0 Å². The third-order valence-corrected chi connectivity index (χ3v) is 6.03. The highest BCUT2D eigenvalue weighted by Crippen LogP contribution is 2.38. The second-order valence-electron chi connectivity index (χ2n) is 9.08. The predicted octanol–water partition coefficient (Wildman–Crippen LogP) is 5.12. The Balaban J connectivity index is 2.25. The Morgan fingerprint density at radius 3 is 2.33 bits per heavy atom. The smallest absolute Gasteiger partial charge is 0.306 e. The molecule has 3 unspecified atom stereocenters. The quantitative estimate of drug-likeness (QED) is 0.204. The van der Waals surface area contributed by atoms with E-state index >= 15 is 0 Å². The summed E-state index contributed by atoms with van der Waals surface area (Å²) in [5, 5.41) is 20.7. The molecule has 0 spiro atoms. The van der Waals surface area contributed by atoms with Crippen molar-refractivity contribution < 1.29 is 24.5 Å². The largest absolute Gasteiger partial charge is 0.463 e. The first-order valence-corrected chi connectivity index (χ1v) is 12.1. The zero-order valence-electron chi connectivity index (χ0n) is 19.4. The van der Waals surface area contributed by atoms with Gasteiger partial charge in [0.1, 0.15) is 5.78 Å². The van der Waals surface area contributed by atoms with E-state index in [1.807, 2.05) is 13.8 Å². The van der Waals surface area contributed by atoms with E-state index in [9.17, 15) is 19.8 Å². The number of esters is 1. The maximum Gasteiger partial charge on any atom is 0.306 e. The van der Waals surface area contributed by atoms with Crippen LogP contribution in [0.2, 0.25) is 0 Å². The lowest BCUT2D eigenvalue weighted by molar-refractivity contribution is -0.147. The molecule has 0 amide bonds. The summed E-state index contributed by atoms with van der Waals surface area (Å²) in [5.74, 6) is 0.199. The molecule has 1 aliphatic rings. The van der Waals surface area contributed by atoms with Crippen LogP contribution in [0.3, 0.4) is 0 Å². The fourth-order valence-electron chi connectivity index (χ4n) is 4.33. The average Bonchev–Trinajstić information content (AvgIpc) is 2.94. The Labute approximate surface area is 183 Å². The summed E-state index contributed by atoms with van der Waals surface area (Å²) in [6.45, 7) is 5.85. The molecule has 1 saturated carbocycles. The lowest BCUT2D eigenvalue weighted by Gasteiger charge is -2.22. The summed E-state index contributed by atoms with van der Waals surface area (Å²) < 4.78 is 5.12. The lowest BCUT2D eigenvalue weighted by Crippen LogP contribution is -2.22. The minimum absolute atomic E-state index is 0.00625. The Bertz CT molecular complexity index is 514. The number of carbonyl (C=O) groups is 2. The van der Waals surface area contributed by atoms with Crippen LogP contribution in [0.15, 0.2) is 12.2 Å². The van der Waals surface area contributed by atoms with E-state index in [0.29, 0.717) is 32.1 Å². The normalized spacial score (nSPS) is 24.1. The van der Waals surface area contributed by atoms with Crippen LogP contribution in [0, 0.1) is 11.8 Å². The van der Waals surface area contributed by atoms with Gasteiger partial charge in [0.15, 0.2) is 0 Å². The molecule has 1 aliphatic carbocycles. The molecule has 30 heavy (non-hydrogen) atoms. The third kappa shape index (κ3) is 11.3. The number of aliphatic hydroxyl groups excluding tert-OH is 2. The van der Waals surface area contributed by atoms with Crippen LogP contribution in [0.4, 0.5) is 0 Å². The molecular formula is C25H44O5. The third-order valence-electron chi connectivity index (χ3n) is 6.03. The van der Waals surface area contributed by atoms with Crippen molar-refractivity contribution in [2.75, 3.05) is 0 Å². The van der Waals surface area contributed by atoms with Crippen LogP contribution >= 0.6 is 0 Å². The van der Waals surface area contributed by atoms with E-state index in [2.05, 4.69) is 19.1 Å². The van der Waals surface area contributed by atoms with Crippen LogP contribution < -0.4 is 0 Å². The molecule has 5 nitrogen and oxygen atoms in total. The van der Waals surface area contributed by atoms with Gasteiger partial charge in [-0.05, 0) is 70.6 Å². The molecule has 0 heterocycles. The topological polar surface area (TPSA) is 83.8 Å². The van der Waals surface area contributed by atoms with E-state index in [4.69, 9.17) is 4.74 Å². The fourth-order valence-corrected chi connectivity index (χ4v) is 4.33. The fraction of sp³-hybridized carbons (Fsp3) is 0.840.